The molecule has 6 rings (SSSR count). The number of imidazole rings is 1. The Hall–Kier alpha value is -7.18. The minimum Gasteiger partial charge on any atom is -0.496 e. The molecular weight excluding hydrogens is 657 g/mol. The van der Waals surface area contributed by atoms with Crippen LogP contribution in [0.3, 0.4) is 0 Å². The van der Waals surface area contributed by atoms with Gasteiger partial charge in [-0.2, -0.15) is 0 Å². The molecule has 0 spiro atoms. The number of aromatic nitrogens is 9. The highest BCUT2D eigenvalue weighted by Gasteiger charge is 2.21. The minimum absolute atomic E-state index is 0.0416. The highest BCUT2D eigenvalue weighted by Crippen LogP contribution is 2.30. The highest BCUT2D eigenvalue weighted by molar-refractivity contribution is 6.08. The number of hydrogen-bond donors (Lipinski definition) is 4. The first-order valence-electron chi connectivity index (χ1n) is 14.6. The van der Waals surface area contributed by atoms with Gasteiger partial charge in [0.2, 0.25) is 0 Å². The molecular formula is C31H24FN11O7. The van der Waals surface area contributed by atoms with E-state index in [4.69, 9.17) is 4.74 Å². The molecule has 0 aliphatic carbocycles. The van der Waals surface area contributed by atoms with Crippen LogP contribution in [0.2, 0.25) is 0 Å². The molecule has 252 valence electrons. The second kappa shape index (κ2) is 13.9. The van der Waals surface area contributed by atoms with Gasteiger partial charge in [0.15, 0.2) is 22.9 Å². The van der Waals surface area contributed by atoms with Gasteiger partial charge in [-0.15, -0.1) is 25.0 Å². The van der Waals surface area contributed by atoms with E-state index >= 15 is 4.39 Å². The molecule has 4 heterocycles. The fraction of sp³-hybridized carbons (Fsp3) is 0.129. The number of aryl methyl sites for hydroxylation is 2. The number of hydrogen-bond acceptors (Lipinski definition) is 12. The topological polar surface area (TPSA) is 242 Å². The van der Waals surface area contributed by atoms with Crippen molar-refractivity contribution in [3.63, 3.8) is 0 Å². The highest BCUT2D eigenvalue weighted by atomic mass is 19.1. The lowest BCUT2D eigenvalue weighted by Gasteiger charge is -2.15. The summed E-state index contributed by atoms with van der Waals surface area (Å²) in [5.74, 6) is -4.47. The Balaban J connectivity index is 1.19. The maximum absolute atomic E-state index is 15.1. The number of rotatable bonds is 12. The number of fused-ring (bicyclic) bond motifs is 1. The minimum atomic E-state index is -1.46. The third kappa shape index (κ3) is 6.90. The summed E-state index contributed by atoms with van der Waals surface area (Å²) < 4.78 is 23.1. The van der Waals surface area contributed by atoms with E-state index in [1.807, 2.05) is 0 Å². The van der Waals surface area contributed by atoms with E-state index in [0.29, 0.717) is 17.0 Å². The van der Waals surface area contributed by atoms with E-state index in [9.17, 15) is 29.4 Å². The van der Waals surface area contributed by atoms with Crippen LogP contribution in [0.5, 0.6) is 5.75 Å². The normalized spacial score (nSPS) is 10.9. The standard InChI is InChI=1S/C31H24FN11O7/c1-50-25-14-19(31(48)49)24(35-29(45)22-6-8-27-38-40-41-43(27)39-22)12-17(25)4-2-3-16-11-23(18(30(46)47)13-20(16)32)34-28(44)21-5-7-26(37-36-21)42-10-9-33-15-42/h5-15H,2-4H2,1H3,(H,34,44)(H,35,45)(H,46,47)(H,48,49). The summed E-state index contributed by atoms with van der Waals surface area (Å²) >= 11 is 0. The van der Waals surface area contributed by atoms with Crippen molar-refractivity contribution in [1.82, 2.24) is 45.0 Å². The Morgan fingerprint density at radius 3 is 2.18 bits per heavy atom. The van der Waals surface area contributed by atoms with E-state index in [2.05, 4.69) is 46.4 Å². The lowest BCUT2D eigenvalue weighted by atomic mass is 9.99. The fourth-order valence-electron chi connectivity index (χ4n) is 4.97. The van der Waals surface area contributed by atoms with Crippen LogP contribution in [0.15, 0.2) is 67.3 Å². The van der Waals surface area contributed by atoms with Gasteiger partial charge >= 0.3 is 11.9 Å². The van der Waals surface area contributed by atoms with Gasteiger partial charge in [0.1, 0.15) is 17.9 Å². The Labute approximate surface area is 279 Å². The van der Waals surface area contributed by atoms with Gasteiger partial charge in [0.25, 0.3) is 11.8 Å². The molecule has 6 aromatic rings. The summed E-state index contributed by atoms with van der Waals surface area (Å²) in [6.45, 7) is 0. The molecule has 2 amide bonds. The van der Waals surface area contributed by atoms with Gasteiger partial charge in [0.05, 0.1) is 29.6 Å². The number of carbonyl (C=O) groups is 4. The van der Waals surface area contributed by atoms with Crippen LogP contribution in [0.1, 0.15) is 59.2 Å². The predicted molar refractivity (Wildman–Crippen MR) is 169 cm³/mol. The molecule has 4 N–H and O–H groups in total. The molecule has 0 fully saturated rings. The third-order valence-corrected chi connectivity index (χ3v) is 7.41. The second-order valence-corrected chi connectivity index (χ2v) is 10.6. The molecule has 0 saturated heterocycles. The summed E-state index contributed by atoms with van der Waals surface area (Å²) in [7, 11) is 1.35. The molecule has 0 atom stereocenters. The number of anilines is 2. The molecule has 2 aromatic carbocycles. The van der Waals surface area contributed by atoms with Gasteiger partial charge < -0.3 is 25.6 Å². The molecule has 4 aromatic heterocycles. The number of ether oxygens (including phenoxy) is 1. The van der Waals surface area contributed by atoms with Crippen molar-refractivity contribution in [1.29, 1.82) is 0 Å². The number of carbonyl (C=O) groups excluding carboxylic acids is 2. The summed E-state index contributed by atoms with van der Waals surface area (Å²) in [5.41, 5.74) is -0.212. The molecule has 0 aliphatic heterocycles. The van der Waals surface area contributed by atoms with Crippen LogP contribution in [-0.2, 0) is 12.8 Å². The second-order valence-electron chi connectivity index (χ2n) is 10.6. The van der Waals surface area contributed by atoms with Crippen LogP contribution in [0.4, 0.5) is 15.8 Å². The number of tetrazole rings is 1. The largest absolute Gasteiger partial charge is 0.496 e. The molecule has 0 unspecified atom stereocenters. The smallest absolute Gasteiger partial charge is 0.337 e. The monoisotopic (exact) mass is 681 g/mol. The van der Waals surface area contributed by atoms with Crippen LogP contribution in [0, 0.1) is 5.82 Å². The summed E-state index contributed by atoms with van der Waals surface area (Å²) in [5, 5.41) is 47.3. The average molecular weight is 682 g/mol. The molecule has 18 nitrogen and oxygen atoms in total. The van der Waals surface area contributed by atoms with Gasteiger partial charge in [-0.1, -0.05) is 0 Å². The van der Waals surface area contributed by atoms with Crippen molar-refractivity contribution in [3.8, 4) is 11.6 Å². The average Bonchev–Trinajstić information content (AvgIpc) is 3.82. The first kappa shape index (κ1) is 32.7. The number of aromatic carboxylic acids is 2. The summed E-state index contributed by atoms with van der Waals surface area (Å²) in [6.07, 6.45) is 5.26. The molecule has 19 heteroatoms. The van der Waals surface area contributed by atoms with Crippen molar-refractivity contribution in [2.24, 2.45) is 0 Å². The quantitative estimate of drug-likeness (QED) is 0.145. The van der Waals surface area contributed by atoms with Gasteiger partial charge in [-0.05, 0) is 89.3 Å². The first-order valence-corrected chi connectivity index (χ1v) is 14.6. The number of nitrogens with one attached hydrogen (secondary N) is 2. The van der Waals surface area contributed by atoms with Gasteiger partial charge in [-0.3, -0.25) is 14.2 Å². The van der Waals surface area contributed by atoms with Crippen molar-refractivity contribution in [2.75, 3.05) is 17.7 Å². The van der Waals surface area contributed by atoms with E-state index in [1.54, 1.807) is 17.0 Å². The van der Waals surface area contributed by atoms with Crippen molar-refractivity contribution >= 4 is 40.8 Å². The number of carboxylic acids is 2. The van der Waals surface area contributed by atoms with Crippen LogP contribution < -0.4 is 15.4 Å². The SMILES string of the molecule is COc1cc(C(=O)O)c(NC(=O)c2ccc3nnnn3n2)cc1CCCc1cc(NC(=O)c2ccc(-n3ccnc3)nn2)c(C(=O)O)cc1F. The zero-order valence-corrected chi connectivity index (χ0v) is 25.8. The van der Waals surface area contributed by atoms with Crippen molar-refractivity contribution < 1.29 is 38.5 Å². The lowest BCUT2D eigenvalue weighted by molar-refractivity contribution is 0.0686. The number of benzene rings is 2. The number of nitrogens with zero attached hydrogens (tertiary/aromatic N) is 9. The van der Waals surface area contributed by atoms with Crippen LogP contribution in [-0.4, -0.2) is 86.1 Å². The van der Waals surface area contributed by atoms with E-state index < -0.39 is 35.1 Å². The maximum atomic E-state index is 15.1. The van der Waals surface area contributed by atoms with Crippen molar-refractivity contribution in [3.05, 3.63) is 107 Å². The Morgan fingerprint density at radius 2 is 1.52 bits per heavy atom. The van der Waals surface area contributed by atoms with Gasteiger partial charge in [0, 0.05) is 12.4 Å². The predicted octanol–water partition coefficient (Wildman–Crippen LogP) is 2.72. The molecule has 0 radical (unpaired) electrons. The van der Waals surface area contributed by atoms with E-state index in [1.165, 1.54) is 55.9 Å². The number of halogens is 1. The Bertz CT molecular complexity index is 2260. The first-order chi connectivity index (χ1) is 24.1. The zero-order chi connectivity index (χ0) is 35.4. The maximum Gasteiger partial charge on any atom is 0.337 e. The van der Waals surface area contributed by atoms with Crippen molar-refractivity contribution in [2.45, 2.75) is 19.3 Å². The fourth-order valence-corrected chi connectivity index (χ4v) is 4.97. The molecule has 0 bridgehead atoms. The Kier molecular flexibility index (Phi) is 9.10. The number of carboxylic acid groups (broad SMARTS) is 2. The van der Waals surface area contributed by atoms with Gasteiger partial charge in [-0.25, -0.2) is 19.0 Å². The third-order valence-electron chi connectivity index (χ3n) is 7.41. The van der Waals surface area contributed by atoms with E-state index in [-0.39, 0.29) is 58.9 Å². The summed E-state index contributed by atoms with van der Waals surface area (Å²) in [6, 6.07) is 10.5. The van der Waals surface area contributed by atoms with E-state index in [0.717, 1.165) is 10.7 Å². The number of amides is 2. The van der Waals surface area contributed by atoms with Crippen LogP contribution >= 0.6 is 0 Å². The lowest BCUT2D eigenvalue weighted by Crippen LogP contribution is -2.18. The molecule has 0 aliphatic rings. The number of methoxy groups -OCH3 is 1. The molecule has 0 saturated carbocycles. The Morgan fingerprint density at radius 1 is 0.840 bits per heavy atom. The molecule has 50 heavy (non-hydrogen) atoms. The summed E-state index contributed by atoms with van der Waals surface area (Å²) in [4.78, 5) is 53.8. The van der Waals surface area contributed by atoms with Crippen LogP contribution in [0.25, 0.3) is 11.5 Å². The zero-order valence-electron chi connectivity index (χ0n) is 25.8.